The van der Waals surface area contributed by atoms with Gasteiger partial charge in [-0.05, 0) is 13.3 Å². The number of aliphatic hydroxyl groups is 1. The number of likely N-dealkylation sites (N-methyl/N-ethyl adjacent to an activating group) is 1. The summed E-state index contributed by atoms with van der Waals surface area (Å²) < 4.78 is 3.66. The summed E-state index contributed by atoms with van der Waals surface area (Å²) >= 11 is 0. The molecule has 0 aromatic carbocycles. The lowest BCUT2D eigenvalue weighted by atomic mass is 10.1. The first-order chi connectivity index (χ1) is 11.5. The van der Waals surface area contributed by atoms with E-state index < -0.39 is 6.04 Å². The standard InChI is InChI=1S/C16H24N5O3/c1-4-5-6-7-20-14(23)12-13(18(3)16(20)24)17-15-19(8-9-22)11(2)10-21(12)15/h10,12,22H,4-9H2,1-3H3/q+1. The van der Waals surface area contributed by atoms with Crippen molar-refractivity contribution in [1.29, 1.82) is 0 Å². The van der Waals surface area contributed by atoms with E-state index in [9.17, 15) is 14.7 Å². The van der Waals surface area contributed by atoms with Gasteiger partial charge in [0, 0.05) is 13.6 Å². The third-order valence-corrected chi connectivity index (χ3v) is 4.63. The molecule has 1 unspecified atom stereocenters. The van der Waals surface area contributed by atoms with Gasteiger partial charge < -0.3 is 5.11 Å². The Hall–Kier alpha value is -2.22. The summed E-state index contributed by atoms with van der Waals surface area (Å²) in [7, 11) is 1.66. The number of aliphatic imine (C=N–C) groups is 1. The molecule has 2 aliphatic heterocycles. The molecule has 1 N–H and O–H groups in total. The summed E-state index contributed by atoms with van der Waals surface area (Å²) in [4.78, 5) is 32.7. The van der Waals surface area contributed by atoms with Crippen LogP contribution in [-0.4, -0.2) is 57.4 Å². The maximum Gasteiger partial charge on any atom is 0.402 e. The van der Waals surface area contributed by atoms with Crippen molar-refractivity contribution >= 4 is 23.7 Å². The van der Waals surface area contributed by atoms with Gasteiger partial charge in [-0.2, -0.15) is 0 Å². The number of fused-ring (bicyclic) bond motifs is 3. The molecular weight excluding hydrogens is 310 g/mol. The topological polar surface area (TPSA) is 82.0 Å². The average Bonchev–Trinajstić information content (AvgIpc) is 3.06. The number of aliphatic hydroxyl groups excluding tert-OH is 1. The number of aromatic nitrogens is 2. The Morgan fingerprint density at radius 3 is 2.71 bits per heavy atom. The number of carbonyl (C=O) groups is 2. The number of imidazole rings is 1. The molecule has 0 saturated carbocycles. The van der Waals surface area contributed by atoms with Gasteiger partial charge in [0.25, 0.3) is 5.91 Å². The Morgan fingerprint density at radius 1 is 1.29 bits per heavy atom. The van der Waals surface area contributed by atoms with Crippen molar-refractivity contribution in [3.05, 3.63) is 11.9 Å². The largest absolute Gasteiger partial charge is 0.402 e. The van der Waals surface area contributed by atoms with Crippen molar-refractivity contribution in [2.24, 2.45) is 4.99 Å². The number of hydrogen-bond donors (Lipinski definition) is 1. The zero-order valence-corrected chi connectivity index (χ0v) is 14.4. The van der Waals surface area contributed by atoms with Crippen LogP contribution in [0.1, 0.15) is 37.9 Å². The summed E-state index contributed by atoms with van der Waals surface area (Å²) in [5, 5.41) is 9.24. The molecule has 3 heterocycles. The number of amidine groups is 1. The number of carbonyl (C=O) groups excluding carboxylic acids is 2. The van der Waals surface area contributed by atoms with Crippen LogP contribution in [0.25, 0.3) is 0 Å². The van der Waals surface area contributed by atoms with E-state index in [1.54, 1.807) is 11.6 Å². The van der Waals surface area contributed by atoms with Crippen LogP contribution in [-0.2, 0) is 11.3 Å². The molecule has 0 bridgehead atoms. The number of nitrogens with zero attached hydrogens (tertiary/aromatic N) is 5. The van der Waals surface area contributed by atoms with E-state index in [-0.39, 0.29) is 18.5 Å². The Balaban J connectivity index is 1.96. The van der Waals surface area contributed by atoms with E-state index in [2.05, 4.69) is 11.9 Å². The van der Waals surface area contributed by atoms with Gasteiger partial charge in [0.15, 0.2) is 0 Å². The van der Waals surface area contributed by atoms with E-state index in [4.69, 9.17) is 0 Å². The summed E-state index contributed by atoms with van der Waals surface area (Å²) in [5.74, 6) is 0.834. The Morgan fingerprint density at radius 2 is 2.04 bits per heavy atom. The molecule has 1 aromatic rings. The zero-order chi connectivity index (χ0) is 17.4. The maximum atomic E-state index is 12.9. The lowest BCUT2D eigenvalue weighted by Crippen LogP contribution is -2.62. The highest BCUT2D eigenvalue weighted by Crippen LogP contribution is 2.29. The third-order valence-electron chi connectivity index (χ3n) is 4.63. The Bertz CT molecular complexity index is 709. The number of imide groups is 1. The van der Waals surface area contributed by atoms with Crippen molar-refractivity contribution in [3.63, 3.8) is 0 Å². The minimum Gasteiger partial charge on any atom is -0.393 e. The lowest BCUT2D eigenvalue weighted by Gasteiger charge is -2.33. The molecule has 1 aromatic heterocycles. The van der Waals surface area contributed by atoms with Gasteiger partial charge >= 0.3 is 12.0 Å². The fourth-order valence-corrected chi connectivity index (χ4v) is 3.33. The molecule has 0 radical (unpaired) electrons. The van der Waals surface area contributed by atoms with Crippen molar-refractivity contribution in [3.8, 4) is 0 Å². The second kappa shape index (κ2) is 6.35. The van der Waals surface area contributed by atoms with Crippen LogP contribution < -0.4 is 4.57 Å². The van der Waals surface area contributed by atoms with Crippen LogP contribution in [0.4, 0.5) is 10.7 Å². The first kappa shape index (κ1) is 16.6. The van der Waals surface area contributed by atoms with Crippen LogP contribution in [0.2, 0.25) is 0 Å². The molecule has 1 atom stereocenters. The van der Waals surface area contributed by atoms with Gasteiger partial charge in [-0.1, -0.05) is 24.8 Å². The Kier molecular flexibility index (Phi) is 4.40. The minimum atomic E-state index is -0.594. The highest BCUT2D eigenvalue weighted by atomic mass is 16.3. The normalized spacial score (nSPS) is 19.7. The number of unbranched alkanes of at least 4 members (excludes halogenated alkanes) is 2. The van der Waals surface area contributed by atoms with E-state index >= 15 is 0 Å². The predicted octanol–water partition coefficient (Wildman–Crippen LogP) is 0.745. The molecule has 24 heavy (non-hydrogen) atoms. The van der Waals surface area contributed by atoms with E-state index in [1.807, 2.05) is 17.7 Å². The summed E-state index contributed by atoms with van der Waals surface area (Å²) in [6, 6.07) is -0.912. The monoisotopic (exact) mass is 334 g/mol. The zero-order valence-electron chi connectivity index (χ0n) is 14.4. The smallest absolute Gasteiger partial charge is 0.393 e. The van der Waals surface area contributed by atoms with Gasteiger partial charge in [0.1, 0.15) is 11.9 Å². The Labute approximate surface area is 141 Å². The number of hydrogen-bond acceptors (Lipinski definition) is 4. The summed E-state index contributed by atoms with van der Waals surface area (Å²) in [6.45, 7) is 4.83. The van der Waals surface area contributed by atoms with E-state index in [0.717, 1.165) is 25.0 Å². The van der Waals surface area contributed by atoms with Crippen LogP contribution in [0, 0.1) is 6.92 Å². The van der Waals surface area contributed by atoms with Gasteiger partial charge in [-0.3, -0.25) is 14.6 Å². The van der Waals surface area contributed by atoms with Gasteiger partial charge in [-0.15, -0.1) is 0 Å². The first-order valence-corrected chi connectivity index (χ1v) is 8.41. The van der Waals surface area contributed by atoms with Crippen molar-refractivity contribution in [1.82, 2.24) is 14.4 Å². The summed E-state index contributed by atoms with van der Waals surface area (Å²) in [5.41, 5.74) is 0.923. The highest BCUT2D eigenvalue weighted by Gasteiger charge is 2.52. The SMILES string of the molecule is CCCCCN1C(=O)C2C(=Nc3n(CCO)c(C)c[n+]32)N(C)C1=O. The molecule has 1 fully saturated rings. The number of urea groups is 1. The van der Waals surface area contributed by atoms with E-state index in [0.29, 0.717) is 24.9 Å². The van der Waals surface area contributed by atoms with Gasteiger partial charge in [0.2, 0.25) is 11.9 Å². The van der Waals surface area contributed by atoms with Gasteiger partial charge in [0.05, 0.1) is 13.2 Å². The maximum absolute atomic E-state index is 12.9. The number of aryl methyl sites for hydroxylation is 1. The molecule has 0 spiro atoms. The fraction of sp³-hybridized carbons (Fsp3) is 0.625. The first-order valence-electron chi connectivity index (χ1n) is 8.41. The molecule has 2 aliphatic rings. The molecule has 130 valence electrons. The summed E-state index contributed by atoms with van der Waals surface area (Å²) in [6.07, 6.45) is 4.68. The predicted molar refractivity (Wildman–Crippen MR) is 87.0 cm³/mol. The minimum absolute atomic E-state index is 0.0100. The van der Waals surface area contributed by atoms with Crippen LogP contribution in [0.5, 0.6) is 0 Å². The molecule has 0 aliphatic carbocycles. The average molecular weight is 334 g/mol. The molecule has 8 nitrogen and oxygen atoms in total. The lowest BCUT2D eigenvalue weighted by molar-refractivity contribution is -0.677. The van der Waals surface area contributed by atoms with Crippen LogP contribution >= 0.6 is 0 Å². The second-order valence-corrected chi connectivity index (χ2v) is 6.26. The molecule has 3 amide bonds. The van der Waals surface area contributed by atoms with Gasteiger partial charge in [-0.25, -0.2) is 13.9 Å². The molecule has 1 saturated heterocycles. The molecular formula is C16H24N5O3+. The number of amides is 3. The van der Waals surface area contributed by atoms with Crippen molar-refractivity contribution in [2.75, 3.05) is 20.2 Å². The highest BCUT2D eigenvalue weighted by molar-refractivity contribution is 6.19. The number of rotatable bonds is 6. The quantitative estimate of drug-likeness (QED) is 0.615. The molecule has 3 rings (SSSR count). The van der Waals surface area contributed by atoms with Crippen LogP contribution in [0.3, 0.4) is 0 Å². The van der Waals surface area contributed by atoms with Crippen LogP contribution in [0.15, 0.2) is 11.2 Å². The molecule has 8 heteroatoms. The third kappa shape index (κ3) is 2.41. The van der Waals surface area contributed by atoms with Crippen molar-refractivity contribution in [2.45, 2.75) is 45.7 Å². The second-order valence-electron chi connectivity index (χ2n) is 6.26. The van der Waals surface area contributed by atoms with Crippen molar-refractivity contribution < 1.29 is 19.3 Å². The fourth-order valence-electron chi connectivity index (χ4n) is 3.33. The van der Waals surface area contributed by atoms with E-state index in [1.165, 1.54) is 9.80 Å².